The lowest BCUT2D eigenvalue weighted by atomic mass is 9.95. The molecular formula is C17H19NOS. The Morgan fingerprint density at radius 1 is 1.35 bits per heavy atom. The van der Waals surface area contributed by atoms with Gasteiger partial charge in [0.15, 0.2) is 5.12 Å². The number of thioether (sulfide) groups is 1. The second kappa shape index (κ2) is 5.88. The van der Waals surface area contributed by atoms with Crippen LogP contribution in [0.5, 0.6) is 0 Å². The van der Waals surface area contributed by atoms with Crippen molar-refractivity contribution in [2.75, 3.05) is 5.75 Å². The average molecular weight is 285 g/mol. The van der Waals surface area contributed by atoms with E-state index in [0.29, 0.717) is 0 Å². The summed E-state index contributed by atoms with van der Waals surface area (Å²) in [6.45, 7) is 1.61. The van der Waals surface area contributed by atoms with E-state index in [1.165, 1.54) is 65.2 Å². The summed E-state index contributed by atoms with van der Waals surface area (Å²) in [6, 6.07) is 6.58. The predicted octanol–water partition coefficient (Wildman–Crippen LogP) is 4.34. The Hall–Kier alpha value is -1.48. The van der Waals surface area contributed by atoms with Gasteiger partial charge >= 0.3 is 0 Å². The first-order valence-electron chi connectivity index (χ1n) is 7.17. The number of aromatic amines is 1. The van der Waals surface area contributed by atoms with Crippen molar-refractivity contribution in [2.24, 2.45) is 0 Å². The normalized spacial score (nSPS) is 14.8. The molecule has 20 heavy (non-hydrogen) atoms. The number of carbonyl (C=O) groups is 1. The molecule has 0 radical (unpaired) electrons. The number of carbonyl (C=O) groups excluding carboxylic acids is 1. The molecule has 1 aliphatic carbocycles. The highest BCUT2D eigenvalue weighted by Gasteiger charge is 2.14. The summed E-state index contributed by atoms with van der Waals surface area (Å²) >= 11 is 1.35. The van der Waals surface area contributed by atoms with Crippen molar-refractivity contribution in [3.05, 3.63) is 41.1 Å². The predicted molar refractivity (Wildman–Crippen MR) is 87.1 cm³/mol. The van der Waals surface area contributed by atoms with Crippen molar-refractivity contribution >= 4 is 33.9 Å². The summed E-state index contributed by atoms with van der Waals surface area (Å²) in [7, 11) is 0. The maximum absolute atomic E-state index is 10.9. The number of aromatic nitrogens is 1. The van der Waals surface area contributed by atoms with Crippen LogP contribution in [0.2, 0.25) is 0 Å². The molecule has 0 atom stereocenters. The molecule has 3 rings (SSSR count). The van der Waals surface area contributed by atoms with Gasteiger partial charge in [0.2, 0.25) is 0 Å². The molecule has 2 aromatic rings. The minimum Gasteiger partial charge on any atom is -0.358 e. The van der Waals surface area contributed by atoms with E-state index in [9.17, 15) is 4.79 Å². The van der Waals surface area contributed by atoms with E-state index in [2.05, 4.69) is 35.3 Å². The molecule has 0 fully saturated rings. The first-order valence-corrected chi connectivity index (χ1v) is 8.16. The minimum atomic E-state index is 0.171. The molecule has 0 spiro atoms. The van der Waals surface area contributed by atoms with Crippen LogP contribution >= 0.6 is 11.8 Å². The molecule has 0 saturated heterocycles. The van der Waals surface area contributed by atoms with E-state index in [-0.39, 0.29) is 5.12 Å². The Bertz CT molecular complexity index is 669. The van der Waals surface area contributed by atoms with Crippen molar-refractivity contribution in [2.45, 2.75) is 32.6 Å². The summed E-state index contributed by atoms with van der Waals surface area (Å²) in [5.74, 6) is 0.749. The Morgan fingerprint density at radius 3 is 3.05 bits per heavy atom. The molecule has 0 amide bonds. The van der Waals surface area contributed by atoms with E-state index in [1.54, 1.807) is 6.92 Å². The van der Waals surface area contributed by atoms with E-state index < -0.39 is 0 Å². The zero-order valence-electron chi connectivity index (χ0n) is 11.7. The third-order valence-electron chi connectivity index (χ3n) is 3.82. The number of H-pyrrole nitrogens is 1. The standard InChI is InChI=1S/C17H19NOS/c1-12(19)20-10-4-5-13-8-9-17-15(11-13)14-6-2-3-7-16(14)18-17/h4-5,8-9,11,18H,2-3,6-7,10H2,1H3. The van der Waals surface area contributed by atoms with Crippen molar-refractivity contribution in [3.8, 4) is 0 Å². The molecular weight excluding hydrogens is 266 g/mol. The van der Waals surface area contributed by atoms with Crippen LogP contribution in [0, 0.1) is 0 Å². The fourth-order valence-corrected chi connectivity index (χ4v) is 3.30. The summed E-state index contributed by atoms with van der Waals surface area (Å²) in [6.07, 6.45) is 9.15. The molecule has 0 unspecified atom stereocenters. The van der Waals surface area contributed by atoms with E-state index in [0.717, 1.165) is 5.75 Å². The van der Waals surface area contributed by atoms with Crippen molar-refractivity contribution < 1.29 is 4.79 Å². The van der Waals surface area contributed by atoms with Gasteiger partial charge in [-0.3, -0.25) is 4.79 Å². The van der Waals surface area contributed by atoms with Gasteiger partial charge in [-0.15, -0.1) is 0 Å². The number of fused-ring (bicyclic) bond motifs is 3. The van der Waals surface area contributed by atoms with Crippen LogP contribution in [-0.4, -0.2) is 15.9 Å². The van der Waals surface area contributed by atoms with Crippen molar-refractivity contribution in [1.29, 1.82) is 0 Å². The summed E-state index contributed by atoms with van der Waals surface area (Å²) in [5, 5.41) is 1.55. The average Bonchev–Trinajstić information content (AvgIpc) is 2.81. The first kappa shape index (κ1) is 13.5. The van der Waals surface area contributed by atoms with Gasteiger partial charge in [0.25, 0.3) is 0 Å². The summed E-state index contributed by atoms with van der Waals surface area (Å²) < 4.78 is 0. The summed E-state index contributed by atoms with van der Waals surface area (Å²) in [5.41, 5.74) is 5.42. The van der Waals surface area contributed by atoms with Crippen LogP contribution in [0.4, 0.5) is 0 Å². The first-order chi connectivity index (χ1) is 9.74. The van der Waals surface area contributed by atoms with Crippen LogP contribution < -0.4 is 0 Å². The molecule has 1 heterocycles. The second-order valence-corrected chi connectivity index (χ2v) is 6.50. The van der Waals surface area contributed by atoms with Gasteiger partial charge in [-0.25, -0.2) is 0 Å². The third kappa shape index (κ3) is 2.83. The second-order valence-electron chi connectivity index (χ2n) is 5.30. The smallest absolute Gasteiger partial charge is 0.186 e. The van der Waals surface area contributed by atoms with E-state index >= 15 is 0 Å². The third-order valence-corrected chi connectivity index (χ3v) is 4.58. The number of hydrogen-bond donors (Lipinski definition) is 1. The molecule has 0 bridgehead atoms. The van der Waals surface area contributed by atoms with Gasteiger partial charge < -0.3 is 4.98 Å². The molecule has 1 N–H and O–H groups in total. The van der Waals surface area contributed by atoms with Gasteiger partial charge in [0.1, 0.15) is 0 Å². The zero-order valence-corrected chi connectivity index (χ0v) is 12.6. The highest BCUT2D eigenvalue weighted by atomic mass is 32.2. The van der Waals surface area contributed by atoms with Gasteiger partial charge in [-0.2, -0.15) is 0 Å². The summed E-state index contributed by atoms with van der Waals surface area (Å²) in [4.78, 5) is 14.4. The van der Waals surface area contributed by atoms with E-state index in [4.69, 9.17) is 0 Å². The van der Waals surface area contributed by atoms with Gasteiger partial charge in [-0.05, 0) is 48.9 Å². The van der Waals surface area contributed by atoms with Crippen LogP contribution in [0.25, 0.3) is 17.0 Å². The number of benzene rings is 1. The van der Waals surface area contributed by atoms with Gasteiger partial charge in [0, 0.05) is 29.3 Å². The van der Waals surface area contributed by atoms with Gasteiger partial charge in [-0.1, -0.05) is 30.0 Å². The minimum absolute atomic E-state index is 0.171. The fourth-order valence-electron chi connectivity index (χ4n) is 2.88. The quantitative estimate of drug-likeness (QED) is 0.910. The largest absolute Gasteiger partial charge is 0.358 e. The highest BCUT2D eigenvalue weighted by molar-refractivity contribution is 8.13. The molecule has 0 saturated carbocycles. The number of rotatable bonds is 3. The molecule has 1 aliphatic rings. The zero-order chi connectivity index (χ0) is 13.9. The van der Waals surface area contributed by atoms with Crippen LogP contribution in [-0.2, 0) is 17.6 Å². The fraction of sp³-hybridized carbons (Fsp3) is 0.353. The highest BCUT2D eigenvalue weighted by Crippen LogP contribution is 2.29. The van der Waals surface area contributed by atoms with Crippen molar-refractivity contribution in [3.63, 3.8) is 0 Å². The molecule has 104 valence electrons. The maximum atomic E-state index is 10.9. The lowest BCUT2D eigenvalue weighted by molar-refractivity contribution is -0.109. The van der Waals surface area contributed by atoms with Crippen LogP contribution in [0.1, 0.15) is 36.6 Å². The topological polar surface area (TPSA) is 32.9 Å². The molecule has 3 heteroatoms. The lowest BCUT2D eigenvalue weighted by Gasteiger charge is -2.10. The molecule has 1 aromatic carbocycles. The Kier molecular flexibility index (Phi) is 3.97. The Balaban J connectivity index is 1.84. The van der Waals surface area contributed by atoms with Crippen LogP contribution in [0.3, 0.4) is 0 Å². The molecule has 0 aliphatic heterocycles. The van der Waals surface area contributed by atoms with Crippen LogP contribution in [0.15, 0.2) is 24.3 Å². The monoisotopic (exact) mass is 285 g/mol. The number of aryl methyl sites for hydroxylation is 2. The number of hydrogen-bond acceptors (Lipinski definition) is 2. The molecule has 1 aromatic heterocycles. The molecule has 2 nitrogen and oxygen atoms in total. The SMILES string of the molecule is CC(=O)SCC=Cc1ccc2[nH]c3c(c2c1)CCCC3. The maximum Gasteiger partial charge on any atom is 0.186 e. The van der Waals surface area contributed by atoms with E-state index in [1.807, 2.05) is 0 Å². The Labute approximate surface area is 123 Å². The van der Waals surface area contributed by atoms with Crippen molar-refractivity contribution in [1.82, 2.24) is 4.98 Å². The Morgan fingerprint density at radius 2 is 2.20 bits per heavy atom. The number of nitrogens with one attached hydrogen (secondary N) is 1. The lowest BCUT2D eigenvalue weighted by Crippen LogP contribution is -1.99. The van der Waals surface area contributed by atoms with Gasteiger partial charge in [0.05, 0.1) is 0 Å².